The van der Waals surface area contributed by atoms with Crippen LogP contribution < -0.4 is 0 Å². The zero-order valence-corrected chi connectivity index (χ0v) is 18.5. The lowest BCUT2D eigenvalue weighted by atomic mass is 10.1. The molecule has 0 aliphatic carbocycles. The van der Waals surface area contributed by atoms with E-state index in [1.807, 2.05) is 41.2 Å². The Balaban J connectivity index is 1.68. The van der Waals surface area contributed by atoms with Crippen LogP contribution >= 0.6 is 23.2 Å². The van der Waals surface area contributed by atoms with Gasteiger partial charge in [-0.05, 0) is 43.9 Å². The molecule has 0 spiro atoms. The summed E-state index contributed by atoms with van der Waals surface area (Å²) in [6, 6.07) is 17.9. The first-order valence-electron chi connectivity index (χ1n) is 9.72. The quantitative estimate of drug-likeness (QED) is 0.425. The number of hydrogen-bond donors (Lipinski definition) is 1. The summed E-state index contributed by atoms with van der Waals surface area (Å²) in [6.07, 6.45) is 2.55. The summed E-state index contributed by atoms with van der Waals surface area (Å²) < 4.78 is 1.89. The highest BCUT2D eigenvalue weighted by atomic mass is 35.5. The van der Waals surface area contributed by atoms with Crippen molar-refractivity contribution in [1.29, 1.82) is 0 Å². The Morgan fingerprint density at radius 2 is 1.70 bits per heavy atom. The molecule has 2 aromatic carbocycles. The van der Waals surface area contributed by atoms with Crippen molar-refractivity contribution in [2.45, 2.75) is 19.5 Å². The molecule has 0 saturated carbocycles. The van der Waals surface area contributed by atoms with Gasteiger partial charge in [-0.2, -0.15) is 5.10 Å². The molecule has 5 nitrogen and oxygen atoms in total. The second kappa shape index (κ2) is 9.04. The first-order chi connectivity index (χ1) is 14.5. The third-order valence-electron chi connectivity index (χ3n) is 4.84. The van der Waals surface area contributed by atoms with Gasteiger partial charge in [0.15, 0.2) is 5.82 Å². The van der Waals surface area contributed by atoms with Crippen molar-refractivity contribution >= 4 is 23.2 Å². The van der Waals surface area contributed by atoms with Crippen molar-refractivity contribution in [3.63, 3.8) is 0 Å². The van der Waals surface area contributed by atoms with Gasteiger partial charge in [0.1, 0.15) is 5.82 Å². The Hall–Kier alpha value is -2.60. The molecular formula is C23H23Cl2N5. The average molecular weight is 440 g/mol. The number of rotatable bonds is 7. The Morgan fingerprint density at radius 1 is 0.967 bits per heavy atom. The van der Waals surface area contributed by atoms with E-state index < -0.39 is 0 Å². The van der Waals surface area contributed by atoms with Crippen LogP contribution in [0.15, 0.2) is 60.8 Å². The van der Waals surface area contributed by atoms with Gasteiger partial charge in [0.25, 0.3) is 0 Å². The topological polar surface area (TPSA) is 49.7 Å². The molecule has 4 rings (SSSR count). The molecule has 0 aliphatic rings. The van der Waals surface area contributed by atoms with E-state index in [2.05, 4.69) is 48.2 Å². The molecule has 0 radical (unpaired) electrons. The number of aromatic amines is 1. The summed E-state index contributed by atoms with van der Waals surface area (Å²) >= 11 is 12.8. The fourth-order valence-electron chi connectivity index (χ4n) is 3.36. The predicted molar refractivity (Wildman–Crippen MR) is 122 cm³/mol. The minimum atomic E-state index is 0.459. The van der Waals surface area contributed by atoms with Crippen LogP contribution in [0.4, 0.5) is 0 Å². The highest BCUT2D eigenvalue weighted by Crippen LogP contribution is 2.26. The summed E-state index contributed by atoms with van der Waals surface area (Å²) in [6.45, 7) is 1.35. The van der Waals surface area contributed by atoms with Crippen molar-refractivity contribution in [3.05, 3.63) is 93.5 Å². The molecule has 0 bridgehead atoms. The zero-order chi connectivity index (χ0) is 21.1. The van der Waals surface area contributed by atoms with Gasteiger partial charge in [0.2, 0.25) is 0 Å². The van der Waals surface area contributed by atoms with Gasteiger partial charge in [0.05, 0.1) is 6.54 Å². The van der Waals surface area contributed by atoms with Crippen molar-refractivity contribution in [2.75, 3.05) is 14.1 Å². The van der Waals surface area contributed by atoms with Crippen LogP contribution in [0.5, 0.6) is 0 Å². The normalized spacial score (nSPS) is 11.4. The number of H-pyrrole nitrogens is 1. The second-order valence-electron chi connectivity index (χ2n) is 7.52. The number of halogens is 2. The van der Waals surface area contributed by atoms with E-state index >= 15 is 0 Å². The fourth-order valence-corrected chi connectivity index (χ4v) is 3.88. The van der Waals surface area contributed by atoms with Gasteiger partial charge in [-0.3, -0.25) is 0 Å². The Bertz CT molecular complexity index is 1090. The number of nitrogens with zero attached hydrogens (tertiary/aromatic N) is 4. The van der Waals surface area contributed by atoms with Gasteiger partial charge in [-0.15, -0.1) is 0 Å². The van der Waals surface area contributed by atoms with Crippen molar-refractivity contribution in [1.82, 2.24) is 24.6 Å². The highest BCUT2D eigenvalue weighted by molar-refractivity contribution is 6.35. The summed E-state index contributed by atoms with van der Waals surface area (Å²) in [4.78, 5) is 10.2. The first kappa shape index (κ1) is 20.7. The van der Waals surface area contributed by atoms with E-state index in [9.17, 15) is 0 Å². The van der Waals surface area contributed by atoms with E-state index in [1.54, 1.807) is 0 Å². The van der Waals surface area contributed by atoms with Gasteiger partial charge in [-0.1, -0.05) is 53.5 Å². The van der Waals surface area contributed by atoms with Gasteiger partial charge >= 0.3 is 0 Å². The lowest BCUT2D eigenvalue weighted by Crippen LogP contribution is -2.10. The number of hydrogen-bond acceptors (Lipinski definition) is 3. The van der Waals surface area contributed by atoms with Crippen molar-refractivity contribution < 1.29 is 0 Å². The third-order valence-corrected chi connectivity index (χ3v) is 5.55. The van der Waals surface area contributed by atoms with E-state index in [1.165, 1.54) is 5.56 Å². The van der Waals surface area contributed by atoms with E-state index in [0.717, 1.165) is 29.2 Å². The number of nitrogens with one attached hydrogen (secondary N) is 1. The molecule has 1 N–H and O–H groups in total. The lowest BCUT2D eigenvalue weighted by molar-refractivity contribution is 0.402. The van der Waals surface area contributed by atoms with Crippen LogP contribution in [0.2, 0.25) is 10.0 Å². The Morgan fingerprint density at radius 3 is 2.33 bits per heavy atom. The molecule has 0 fully saturated rings. The van der Waals surface area contributed by atoms with Crippen LogP contribution in [0.25, 0.3) is 11.4 Å². The fraction of sp³-hybridized carbons (Fsp3) is 0.217. The van der Waals surface area contributed by atoms with Crippen LogP contribution in [0.1, 0.15) is 22.6 Å². The van der Waals surface area contributed by atoms with E-state index in [4.69, 9.17) is 33.3 Å². The van der Waals surface area contributed by atoms with Gasteiger partial charge < -0.3 is 9.88 Å². The largest absolute Gasteiger partial charge is 0.365 e. The minimum absolute atomic E-state index is 0.459. The summed E-state index contributed by atoms with van der Waals surface area (Å²) in [5.41, 5.74) is 4.14. The Kier molecular flexibility index (Phi) is 6.23. The lowest BCUT2D eigenvalue weighted by Gasteiger charge is -2.09. The molecule has 0 atom stereocenters. The minimum Gasteiger partial charge on any atom is -0.365 e. The maximum atomic E-state index is 6.40. The molecule has 7 heteroatoms. The molecule has 30 heavy (non-hydrogen) atoms. The predicted octanol–water partition coefficient (Wildman–Crippen LogP) is 5.28. The first-order valence-corrected chi connectivity index (χ1v) is 10.5. The maximum absolute atomic E-state index is 6.40. The molecule has 0 unspecified atom stereocenters. The second-order valence-corrected chi connectivity index (χ2v) is 8.33. The summed E-state index contributed by atoms with van der Waals surface area (Å²) in [7, 11) is 4.12. The van der Waals surface area contributed by atoms with Crippen LogP contribution in [0, 0.1) is 0 Å². The molecule has 2 heterocycles. The van der Waals surface area contributed by atoms with Crippen molar-refractivity contribution in [3.8, 4) is 11.4 Å². The molecular weight excluding hydrogens is 417 g/mol. The van der Waals surface area contributed by atoms with Crippen LogP contribution in [0.3, 0.4) is 0 Å². The molecule has 4 aromatic rings. The summed E-state index contributed by atoms with van der Waals surface area (Å²) in [5.74, 6) is 1.54. The molecule has 0 saturated heterocycles. The Labute approximate surface area is 186 Å². The standard InChI is InChI=1S/C23H23Cl2N5/c1-29(2)14-16-8-10-17(11-9-16)23-27-22(13-18-5-4-12-26-18)30(28-23)15-19-20(24)6-3-7-21(19)25/h3-12,26H,13-15H2,1-2H3. The van der Waals surface area contributed by atoms with E-state index in [-0.39, 0.29) is 0 Å². The SMILES string of the molecule is CN(C)Cc1ccc(-c2nc(Cc3ccc[nH]3)n(Cc3c(Cl)cccc3Cl)n2)cc1. The number of aromatic nitrogens is 4. The molecule has 154 valence electrons. The molecule has 0 aliphatic heterocycles. The molecule has 2 aromatic heterocycles. The van der Waals surface area contributed by atoms with Crippen LogP contribution in [-0.4, -0.2) is 38.7 Å². The number of benzene rings is 2. The summed E-state index contributed by atoms with van der Waals surface area (Å²) in [5, 5.41) is 6.04. The maximum Gasteiger partial charge on any atom is 0.181 e. The highest BCUT2D eigenvalue weighted by Gasteiger charge is 2.16. The zero-order valence-electron chi connectivity index (χ0n) is 16.9. The monoisotopic (exact) mass is 439 g/mol. The molecule has 0 amide bonds. The van der Waals surface area contributed by atoms with E-state index in [0.29, 0.717) is 28.8 Å². The van der Waals surface area contributed by atoms with Crippen LogP contribution in [-0.2, 0) is 19.5 Å². The third kappa shape index (κ3) is 4.75. The average Bonchev–Trinajstić information content (AvgIpc) is 3.36. The van der Waals surface area contributed by atoms with Gasteiger partial charge in [0, 0.05) is 46.0 Å². The smallest absolute Gasteiger partial charge is 0.181 e. The van der Waals surface area contributed by atoms with Gasteiger partial charge in [-0.25, -0.2) is 9.67 Å². The van der Waals surface area contributed by atoms with Crippen molar-refractivity contribution in [2.24, 2.45) is 0 Å².